The number of carbonyl (C=O) groups is 2. The van der Waals surface area contributed by atoms with Crippen molar-refractivity contribution in [1.82, 2.24) is 10.3 Å². The minimum Gasteiger partial charge on any atom is -0.492 e. The van der Waals surface area contributed by atoms with Crippen molar-refractivity contribution in [2.24, 2.45) is 5.73 Å². The third kappa shape index (κ3) is 5.11. The zero-order valence-corrected chi connectivity index (χ0v) is 19.3. The number of ether oxygens (including phenoxy) is 2. The smallest absolute Gasteiger partial charge is 0.319 e. The molecule has 4 rings (SSSR count). The molecule has 36 heavy (non-hydrogen) atoms. The lowest BCUT2D eigenvalue weighted by Gasteiger charge is -2.18. The molecule has 0 unspecified atom stereocenters. The predicted octanol–water partition coefficient (Wildman–Crippen LogP) is 3.43. The van der Waals surface area contributed by atoms with Crippen molar-refractivity contribution < 1.29 is 27.8 Å². The molecule has 9 nitrogen and oxygen atoms in total. The summed E-state index contributed by atoms with van der Waals surface area (Å²) in [5.74, 6) is -4.38. The molecule has 1 fully saturated rings. The topological polar surface area (TPSA) is 139 Å². The Morgan fingerprint density at radius 2 is 2.03 bits per heavy atom. The highest BCUT2D eigenvalue weighted by molar-refractivity contribution is 6.42. The number of pyridine rings is 1. The predicted molar refractivity (Wildman–Crippen MR) is 128 cm³/mol. The minimum atomic E-state index is -1.30. The Kier molecular flexibility index (Phi) is 7.12. The Morgan fingerprint density at radius 3 is 2.69 bits per heavy atom. The second kappa shape index (κ2) is 10.3. The summed E-state index contributed by atoms with van der Waals surface area (Å²) < 4.78 is 41.2. The maximum absolute atomic E-state index is 15.1. The Morgan fingerprint density at radius 1 is 1.28 bits per heavy atom. The number of aromatic nitrogens is 1. The number of nitrogens with one attached hydrogen (secondary N) is 2. The van der Waals surface area contributed by atoms with Crippen LogP contribution >= 0.6 is 11.6 Å². The largest absolute Gasteiger partial charge is 0.492 e. The van der Waals surface area contributed by atoms with Gasteiger partial charge in [-0.15, -0.1) is 0 Å². The van der Waals surface area contributed by atoms with Gasteiger partial charge in [0.15, 0.2) is 17.4 Å². The van der Waals surface area contributed by atoms with Crippen LogP contribution in [0.3, 0.4) is 0 Å². The summed E-state index contributed by atoms with van der Waals surface area (Å²) in [6, 6.07) is 5.18. The highest BCUT2D eigenvalue weighted by Crippen LogP contribution is 2.38. The summed E-state index contributed by atoms with van der Waals surface area (Å²) in [6.45, 7) is 0.00569. The van der Waals surface area contributed by atoms with Gasteiger partial charge in [-0.1, -0.05) is 11.6 Å². The summed E-state index contributed by atoms with van der Waals surface area (Å²) in [6.07, 6.45) is 2.98. The highest BCUT2D eigenvalue weighted by Gasteiger charge is 2.27. The number of primary amides is 1. The number of fused-ring (bicyclic) bond motifs is 1. The van der Waals surface area contributed by atoms with E-state index in [1.807, 2.05) is 6.07 Å². The number of nitrogens with zero attached hydrogens (tertiary/aromatic N) is 2. The first kappa shape index (κ1) is 25.0. The molecule has 1 aliphatic carbocycles. The fourth-order valence-corrected chi connectivity index (χ4v) is 3.53. The van der Waals surface area contributed by atoms with Crippen LogP contribution in [0.1, 0.15) is 29.6 Å². The van der Waals surface area contributed by atoms with E-state index in [9.17, 15) is 9.59 Å². The molecule has 0 atom stereocenters. The Balaban J connectivity index is 1.72. The number of urea groups is 1. The maximum atomic E-state index is 15.1. The second-order valence-corrected chi connectivity index (χ2v) is 8.21. The fourth-order valence-electron chi connectivity index (χ4n) is 3.30. The summed E-state index contributed by atoms with van der Waals surface area (Å²) in [7, 11) is 5.79. The van der Waals surface area contributed by atoms with Crippen LogP contribution in [0.2, 0.25) is 5.02 Å². The van der Waals surface area contributed by atoms with Crippen molar-refractivity contribution in [1.29, 1.82) is 5.26 Å². The third-order valence-electron chi connectivity index (χ3n) is 5.22. The van der Waals surface area contributed by atoms with Gasteiger partial charge in [-0.05, 0) is 30.4 Å². The van der Waals surface area contributed by atoms with E-state index < -0.39 is 45.5 Å². The fraction of sp³-hybridized carbons (Fsp3) is 0.217. The third-order valence-corrected chi connectivity index (χ3v) is 5.57. The van der Waals surface area contributed by atoms with Crippen LogP contribution in [0.5, 0.6) is 17.2 Å². The molecule has 182 valence electrons. The number of halogens is 3. The number of hydrogen-bond acceptors (Lipinski definition) is 6. The number of amides is 3. The van der Waals surface area contributed by atoms with Crippen molar-refractivity contribution in [3.63, 3.8) is 0 Å². The van der Waals surface area contributed by atoms with E-state index in [2.05, 4.69) is 15.6 Å². The van der Waals surface area contributed by atoms with Gasteiger partial charge in [-0.3, -0.25) is 9.78 Å². The Labute approximate surface area is 209 Å². The van der Waals surface area contributed by atoms with Gasteiger partial charge < -0.3 is 25.8 Å². The molecule has 0 bridgehead atoms. The number of hydrogen-bond donors (Lipinski definition) is 3. The van der Waals surface area contributed by atoms with Crippen molar-refractivity contribution in [2.75, 3.05) is 11.9 Å². The van der Waals surface area contributed by atoms with Crippen LogP contribution in [0.25, 0.3) is 10.9 Å². The second-order valence-electron chi connectivity index (χ2n) is 7.83. The van der Waals surface area contributed by atoms with Gasteiger partial charge in [0, 0.05) is 23.7 Å². The van der Waals surface area contributed by atoms with Gasteiger partial charge >= 0.3 is 6.03 Å². The van der Waals surface area contributed by atoms with Crippen molar-refractivity contribution >= 4 is 53.4 Å². The van der Waals surface area contributed by atoms with Gasteiger partial charge in [0.25, 0.3) is 5.91 Å². The highest BCUT2D eigenvalue weighted by atomic mass is 35.5. The average molecular weight is 512 g/mol. The van der Waals surface area contributed by atoms with Crippen molar-refractivity contribution in [3.8, 4) is 23.3 Å². The van der Waals surface area contributed by atoms with Gasteiger partial charge in [0.1, 0.15) is 31.0 Å². The lowest BCUT2D eigenvalue weighted by Crippen LogP contribution is -2.33. The van der Waals surface area contributed by atoms with Crippen LogP contribution in [0, 0.1) is 23.0 Å². The van der Waals surface area contributed by atoms with E-state index >= 15 is 8.78 Å². The SMILES string of the molecule is [B]c1c(F)c(Oc2ccnc3cc(OCCC#N)c(C(N)=O)cc23)c(F)c(Cl)c1NC(=O)NC1CC1. The zero-order valence-electron chi connectivity index (χ0n) is 18.5. The molecule has 3 amide bonds. The molecule has 2 aromatic carbocycles. The normalized spacial score (nSPS) is 12.6. The van der Waals surface area contributed by atoms with E-state index in [1.165, 1.54) is 24.4 Å². The molecular formula is C23H17BClF2N5O4. The van der Waals surface area contributed by atoms with Crippen LogP contribution in [0.15, 0.2) is 24.4 Å². The van der Waals surface area contributed by atoms with Crippen LogP contribution in [-0.2, 0) is 0 Å². The molecule has 1 aromatic heterocycles. The number of anilines is 1. The molecule has 1 aliphatic rings. The summed E-state index contributed by atoms with van der Waals surface area (Å²) in [4.78, 5) is 28.2. The lowest BCUT2D eigenvalue weighted by molar-refractivity contribution is 0.0996. The maximum Gasteiger partial charge on any atom is 0.319 e. The van der Waals surface area contributed by atoms with Crippen LogP contribution in [-0.4, -0.2) is 37.4 Å². The Hall–Kier alpha value is -4.11. The summed E-state index contributed by atoms with van der Waals surface area (Å²) >= 11 is 6.05. The van der Waals surface area contributed by atoms with E-state index in [4.69, 9.17) is 39.9 Å². The monoisotopic (exact) mass is 511 g/mol. The molecule has 4 N–H and O–H groups in total. The first-order valence-corrected chi connectivity index (χ1v) is 11.0. The average Bonchev–Trinajstić information content (AvgIpc) is 3.66. The van der Waals surface area contributed by atoms with Crippen molar-refractivity contribution in [2.45, 2.75) is 25.3 Å². The van der Waals surface area contributed by atoms with Gasteiger partial charge in [0.2, 0.25) is 0 Å². The number of nitrogens with two attached hydrogens (primary N) is 1. The summed E-state index contributed by atoms with van der Waals surface area (Å²) in [5.41, 5.74) is 4.57. The number of carbonyl (C=O) groups excluding carboxylic acids is 2. The quantitative estimate of drug-likeness (QED) is 0.240. The van der Waals surface area contributed by atoms with E-state index in [0.29, 0.717) is 0 Å². The number of benzene rings is 2. The van der Waals surface area contributed by atoms with Crippen molar-refractivity contribution in [3.05, 3.63) is 46.6 Å². The van der Waals surface area contributed by atoms with Crippen LogP contribution in [0.4, 0.5) is 19.3 Å². The Bertz CT molecular complexity index is 1400. The molecule has 1 saturated carbocycles. The summed E-state index contributed by atoms with van der Waals surface area (Å²) in [5, 5.41) is 13.1. The van der Waals surface area contributed by atoms with E-state index in [0.717, 1.165) is 12.8 Å². The molecule has 3 aromatic rings. The molecule has 2 radical (unpaired) electrons. The lowest BCUT2D eigenvalue weighted by atomic mass is 9.92. The van der Waals surface area contributed by atoms with E-state index in [-0.39, 0.29) is 47.0 Å². The minimum absolute atomic E-state index is 0.00569. The van der Waals surface area contributed by atoms with Gasteiger partial charge in [0.05, 0.1) is 29.3 Å². The molecule has 0 aliphatic heterocycles. The molecule has 1 heterocycles. The molecule has 0 spiro atoms. The first-order chi connectivity index (χ1) is 17.2. The molecule has 13 heteroatoms. The molecule has 0 saturated heterocycles. The molecular weight excluding hydrogens is 495 g/mol. The van der Waals surface area contributed by atoms with E-state index in [1.54, 1.807) is 0 Å². The number of rotatable bonds is 8. The van der Waals surface area contributed by atoms with Gasteiger partial charge in [-0.25, -0.2) is 13.6 Å². The van der Waals surface area contributed by atoms with Gasteiger partial charge in [-0.2, -0.15) is 5.26 Å². The number of nitriles is 1. The van der Waals surface area contributed by atoms with Crippen LogP contribution < -0.4 is 31.3 Å². The standard InChI is InChI=1S/C23H17BClF2N5O4/c24-16-18(26)21(19(27)17(25)20(16)32-23(34)31-10-2-3-10)36-14-4-6-30-13-9-15(35-7-1-5-28)12(22(29)33)8-11(13)14/h4,6,8-10H,1-3,7H2,(H2,29,33)(H2,31,32,34). The zero-order chi connectivity index (χ0) is 26.0. The first-order valence-electron chi connectivity index (χ1n) is 10.6.